The van der Waals surface area contributed by atoms with Crippen molar-refractivity contribution in [3.05, 3.63) is 95.3 Å². The van der Waals surface area contributed by atoms with E-state index >= 15 is 0 Å². The molecule has 1 amide bonds. The number of esters is 1. The van der Waals surface area contributed by atoms with Crippen LogP contribution in [-0.4, -0.2) is 18.5 Å². The minimum Gasteiger partial charge on any atom is -0.462 e. The summed E-state index contributed by atoms with van der Waals surface area (Å²) in [6, 6.07) is 20.3. The van der Waals surface area contributed by atoms with Gasteiger partial charge < -0.3 is 15.4 Å². The molecular weight excluding hydrogens is 383 g/mol. The van der Waals surface area contributed by atoms with E-state index < -0.39 is 5.97 Å². The van der Waals surface area contributed by atoms with Gasteiger partial charge in [-0.3, -0.25) is 4.79 Å². The average molecular weight is 402 g/mol. The monoisotopic (exact) mass is 402 g/mol. The van der Waals surface area contributed by atoms with Gasteiger partial charge in [0.05, 0.1) is 29.1 Å². The van der Waals surface area contributed by atoms with Crippen LogP contribution in [0.2, 0.25) is 0 Å². The van der Waals surface area contributed by atoms with Gasteiger partial charge in [0.25, 0.3) is 5.91 Å². The zero-order chi connectivity index (χ0) is 21.1. The maximum Gasteiger partial charge on any atom is 0.338 e. The van der Waals surface area contributed by atoms with Gasteiger partial charge in [-0.2, -0.15) is 0 Å². The van der Waals surface area contributed by atoms with Crippen molar-refractivity contribution >= 4 is 34.5 Å². The Morgan fingerprint density at radius 1 is 1.00 bits per heavy atom. The molecule has 0 radical (unpaired) electrons. The molecule has 3 aromatic carbocycles. The van der Waals surface area contributed by atoms with E-state index in [1.54, 1.807) is 37.3 Å². The first-order valence-corrected chi connectivity index (χ1v) is 9.52. The molecular formula is C24H19FN2O3. The summed E-state index contributed by atoms with van der Waals surface area (Å²) < 4.78 is 18.4. The van der Waals surface area contributed by atoms with Gasteiger partial charge in [-0.15, -0.1) is 0 Å². The van der Waals surface area contributed by atoms with Crippen molar-refractivity contribution in [2.24, 2.45) is 0 Å². The van der Waals surface area contributed by atoms with Gasteiger partial charge in [0, 0.05) is 11.3 Å². The molecule has 5 nitrogen and oxygen atoms in total. The van der Waals surface area contributed by atoms with Crippen LogP contribution in [0.4, 0.5) is 15.8 Å². The molecule has 6 heteroatoms. The highest BCUT2D eigenvalue weighted by Crippen LogP contribution is 2.38. The summed E-state index contributed by atoms with van der Waals surface area (Å²) in [7, 11) is 0. The molecule has 4 rings (SSSR count). The zero-order valence-electron chi connectivity index (χ0n) is 16.2. The van der Waals surface area contributed by atoms with Crippen molar-refractivity contribution < 1.29 is 18.7 Å². The molecule has 0 saturated heterocycles. The molecule has 0 spiro atoms. The van der Waals surface area contributed by atoms with E-state index in [1.165, 1.54) is 12.1 Å². The first kappa shape index (κ1) is 19.4. The van der Waals surface area contributed by atoms with Crippen LogP contribution < -0.4 is 10.6 Å². The summed E-state index contributed by atoms with van der Waals surface area (Å²) in [4.78, 5) is 25.0. The smallest absolute Gasteiger partial charge is 0.338 e. The predicted octanol–water partition coefficient (Wildman–Crippen LogP) is 4.93. The van der Waals surface area contributed by atoms with Gasteiger partial charge in [0.15, 0.2) is 0 Å². The molecule has 0 aliphatic carbocycles. The third kappa shape index (κ3) is 3.80. The molecule has 150 valence electrons. The average Bonchev–Trinajstić information content (AvgIpc) is 3.09. The van der Waals surface area contributed by atoms with Gasteiger partial charge >= 0.3 is 5.97 Å². The number of hydrogen-bond acceptors (Lipinski definition) is 4. The highest BCUT2D eigenvalue weighted by molar-refractivity contribution is 6.37. The maximum atomic E-state index is 13.3. The number of nitrogens with one attached hydrogen (secondary N) is 2. The van der Waals surface area contributed by atoms with E-state index in [0.717, 1.165) is 5.56 Å². The summed E-state index contributed by atoms with van der Waals surface area (Å²) in [5.74, 6) is -1.08. The van der Waals surface area contributed by atoms with Gasteiger partial charge in [0.1, 0.15) is 5.82 Å². The predicted molar refractivity (Wildman–Crippen MR) is 114 cm³/mol. The highest BCUT2D eigenvalue weighted by atomic mass is 19.1. The third-order valence-electron chi connectivity index (χ3n) is 4.70. The molecule has 1 aliphatic rings. The van der Waals surface area contributed by atoms with Crippen molar-refractivity contribution in [2.45, 2.75) is 6.92 Å². The largest absolute Gasteiger partial charge is 0.462 e. The van der Waals surface area contributed by atoms with Crippen molar-refractivity contribution in [1.29, 1.82) is 0 Å². The number of hydrogen-bond donors (Lipinski definition) is 2. The summed E-state index contributed by atoms with van der Waals surface area (Å²) in [6.45, 7) is 2.01. The minimum absolute atomic E-state index is 0.271. The number of amides is 1. The lowest BCUT2D eigenvalue weighted by atomic mass is 9.99. The summed E-state index contributed by atoms with van der Waals surface area (Å²) >= 11 is 0. The number of rotatable bonds is 5. The molecule has 0 saturated carbocycles. The van der Waals surface area contributed by atoms with Crippen molar-refractivity contribution in [1.82, 2.24) is 0 Å². The van der Waals surface area contributed by atoms with E-state index in [0.29, 0.717) is 33.8 Å². The first-order chi connectivity index (χ1) is 14.6. The Morgan fingerprint density at radius 3 is 2.43 bits per heavy atom. The zero-order valence-corrected chi connectivity index (χ0v) is 16.2. The van der Waals surface area contributed by atoms with Crippen molar-refractivity contribution in [3.8, 4) is 0 Å². The number of fused-ring (bicyclic) bond motifs is 1. The normalized spacial score (nSPS) is 14.0. The van der Waals surface area contributed by atoms with Crippen LogP contribution in [0.1, 0.15) is 28.4 Å². The van der Waals surface area contributed by atoms with Crippen LogP contribution in [0.5, 0.6) is 0 Å². The number of anilines is 2. The standard InChI is InChI=1S/C24H19FN2O3/c1-2-30-24(29)16-8-13-19-20(14-16)27-23(28)21(19)22(15-6-4-3-5-7-15)26-18-11-9-17(25)10-12-18/h3-14,26H,2H2,1H3,(H,27,28). The molecule has 3 aromatic rings. The van der Waals surface area contributed by atoms with E-state index in [-0.39, 0.29) is 18.3 Å². The number of carbonyl (C=O) groups is 2. The molecule has 0 bridgehead atoms. The maximum absolute atomic E-state index is 13.3. The molecule has 0 atom stereocenters. The Labute approximate surface area is 173 Å². The summed E-state index contributed by atoms with van der Waals surface area (Å²) in [5.41, 5.74) is 4.04. The summed E-state index contributed by atoms with van der Waals surface area (Å²) in [5, 5.41) is 6.08. The number of ether oxygens (including phenoxy) is 1. The second-order valence-electron chi connectivity index (χ2n) is 6.68. The van der Waals surface area contributed by atoms with Crippen molar-refractivity contribution in [3.63, 3.8) is 0 Å². The Morgan fingerprint density at radius 2 is 1.73 bits per heavy atom. The lowest BCUT2D eigenvalue weighted by molar-refractivity contribution is -0.110. The minimum atomic E-state index is -0.445. The van der Waals surface area contributed by atoms with Crippen LogP contribution in [-0.2, 0) is 9.53 Å². The second-order valence-corrected chi connectivity index (χ2v) is 6.68. The Balaban J connectivity index is 1.83. The van der Waals surface area contributed by atoms with E-state index in [2.05, 4.69) is 10.6 Å². The second kappa shape index (κ2) is 8.21. The Kier molecular flexibility index (Phi) is 5.30. The Bertz CT molecular complexity index is 1140. The van der Waals surface area contributed by atoms with Crippen LogP contribution in [0.3, 0.4) is 0 Å². The molecule has 0 aromatic heterocycles. The van der Waals surface area contributed by atoms with Gasteiger partial charge in [-0.05, 0) is 48.9 Å². The van der Waals surface area contributed by atoms with Crippen LogP contribution in [0.15, 0.2) is 72.8 Å². The molecule has 0 unspecified atom stereocenters. The van der Waals surface area contributed by atoms with Crippen LogP contribution in [0, 0.1) is 5.82 Å². The van der Waals surface area contributed by atoms with Crippen molar-refractivity contribution in [2.75, 3.05) is 17.2 Å². The fraction of sp³-hybridized carbons (Fsp3) is 0.0833. The molecule has 2 N–H and O–H groups in total. The number of benzene rings is 3. The fourth-order valence-electron chi connectivity index (χ4n) is 3.32. The van der Waals surface area contributed by atoms with Crippen LogP contribution in [0.25, 0.3) is 11.3 Å². The van der Waals surface area contributed by atoms with Gasteiger partial charge in [-0.1, -0.05) is 36.4 Å². The quantitative estimate of drug-likeness (QED) is 0.469. The van der Waals surface area contributed by atoms with E-state index in [4.69, 9.17) is 4.74 Å². The lowest BCUT2D eigenvalue weighted by Crippen LogP contribution is -2.10. The highest BCUT2D eigenvalue weighted by Gasteiger charge is 2.29. The lowest BCUT2D eigenvalue weighted by Gasteiger charge is -2.15. The first-order valence-electron chi connectivity index (χ1n) is 9.52. The van der Waals surface area contributed by atoms with Gasteiger partial charge in [0.2, 0.25) is 0 Å². The molecule has 1 aliphatic heterocycles. The fourth-order valence-corrected chi connectivity index (χ4v) is 3.32. The SMILES string of the molecule is CCOC(=O)c1ccc2c(c1)NC(=O)C2=C(Nc1ccc(F)cc1)c1ccccc1. The number of carbonyl (C=O) groups excluding carboxylic acids is 2. The van der Waals surface area contributed by atoms with E-state index in [1.807, 2.05) is 30.3 Å². The molecule has 30 heavy (non-hydrogen) atoms. The topological polar surface area (TPSA) is 67.4 Å². The van der Waals surface area contributed by atoms with Gasteiger partial charge in [-0.25, -0.2) is 9.18 Å². The van der Waals surface area contributed by atoms with E-state index in [9.17, 15) is 14.0 Å². The molecule has 0 fully saturated rings. The third-order valence-corrected chi connectivity index (χ3v) is 4.70. The van der Waals surface area contributed by atoms with Crippen LogP contribution >= 0.6 is 0 Å². The Hall–Kier alpha value is -3.93. The molecule has 1 heterocycles. The summed E-state index contributed by atoms with van der Waals surface area (Å²) in [6.07, 6.45) is 0. The number of halogens is 1.